The lowest BCUT2D eigenvalue weighted by atomic mass is 9.78. The van der Waals surface area contributed by atoms with Gasteiger partial charge in [-0.25, -0.2) is 4.79 Å². The van der Waals surface area contributed by atoms with Gasteiger partial charge in [0, 0.05) is 35.6 Å². The monoisotopic (exact) mass is 681 g/mol. The smallest absolute Gasteiger partial charge is 0.439 e. The summed E-state index contributed by atoms with van der Waals surface area (Å²) in [7, 11) is 0. The van der Waals surface area contributed by atoms with E-state index < -0.39 is 40.7 Å². The summed E-state index contributed by atoms with van der Waals surface area (Å²) in [6, 6.07) is 3.45. The normalized spacial score (nSPS) is 13.0. The maximum Gasteiger partial charge on any atom is 0.439 e. The number of benzene rings is 1. The van der Waals surface area contributed by atoms with Crippen LogP contribution in [0.2, 0.25) is 0 Å². The molecule has 0 bridgehead atoms. The fraction of sp³-hybridized carbons (Fsp3) is 0.636. The zero-order chi connectivity index (χ0) is 33.0. The number of halogens is 1. The van der Waals surface area contributed by atoms with E-state index in [0.29, 0.717) is 42.5 Å². The van der Waals surface area contributed by atoms with Gasteiger partial charge >= 0.3 is 12.1 Å². The van der Waals surface area contributed by atoms with E-state index in [1.54, 1.807) is 54.4 Å². The molecule has 1 heterocycles. The number of phenolic OH excluding ortho intramolecular Hbond substituents is 1. The molecule has 0 unspecified atom stereocenters. The number of amides is 1. The Morgan fingerprint density at radius 1 is 0.841 bits per heavy atom. The van der Waals surface area contributed by atoms with Crippen molar-refractivity contribution in [3.8, 4) is 5.75 Å². The number of carbonyl (C=O) groups is 3. The van der Waals surface area contributed by atoms with E-state index in [2.05, 4.69) is 4.99 Å². The molecule has 2 N–H and O–H groups in total. The molecule has 1 aromatic carbocycles. The largest absolute Gasteiger partial charge is 0.507 e. The lowest BCUT2D eigenvalue weighted by Gasteiger charge is -2.28. The number of carbonyl (C=O) groups excluding carboxylic acids is 3. The van der Waals surface area contributed by atoms with Crippen LogP contribution in [0.1, 0.15) is 117 Å². The van der Waals surface area contributed by atoms with E-state index in [4.69, 9.17) is 9.47 Å². The number of Topliss-reactive ketones (excluding diaryl/α,β-unsaturated/α-hetero) is 1. The van der Waals surface area contributed by atoms with E-state index in [0.717, 1.165) is 0 Å². The van der Waals surface area contributed by atoms with E-state index in [1.165, 1.54) is 0 Å². The van der Waals surface area contributed by atoms with E-state index in [9.17, 15) is 24.6 Å². The second kappa shape index (κ2) is 14.9. The number of phenols is 1. The number of hydrogen-bond donors (Lipinski definition) is 2. The first-order valence-electron chi connectivity index (χ1n) is 14.9. The third kappa shape index (κ3) is 10.3. The van der Waals surface area contributed by atoms with Gasteiger partial charge in [-0.1, -0.05) is 55.4 Å². The molecule has 10 nitrogen and oxygen atoms in total. The highest BCUT2D eigenvalue weighted by Crippen LogP contribution is 2.40. The van der Waals surface area contributed by atoms with Gasteiger partial charge in [0.2, 0.25) is 12.4 Å². The van der Waals surface area contributed by atoms with Gasteiger partial charge in [-0.2, -0.15) is 0 Å². The summed E-state index contributed by atoms with van der Waals surface area (Å²) in [6.07, 6.45) is 3.89. The highest BCUT2D eigenvalue weighted by atomic mass is 79.9. The molecule has 248 valence electrons. The van der Waals surface area contributed by atoms with Crippen LogP contribution in [-0.2, 0) is 38.2 Å². The third-order valence-electron chi connectivity index (χ3n) is 7.61. The van der Waals surface area contributed by atoms with Crippen molar-refractivity contribution in [2.75, 3.05) is 6.79 Å². The molecule has 2 rings (SSSR count). The summed E-state index contributed by atoms with van der Waals surface area (Å²) < 4.78 is 13.3. The van der Waals surface area contributed by atoms with Crippen LogP contribution in [0.15, 0.2) is 29.5 Å². The molecule has 44 heavy (non-hydrogen) atoms. The molecule has 0 radical (unpaired) electrons. The molecule has 11 heteroatoms. The molecule has 1 amide bonds. The van der Waals surface area contributed by atoms with Crippen molar-refractivity contribution in [2.24, 2.45) is 10.4 Å². The van der Waals surface area contributed by atoms with Crippen LogP contribution in [-0.4, -0.2) is 49.6 Å². The van der Waals surface area contributed by atoms with Crippen LogP contribution in [0.3, 0.4) is 0 Å². The first-order valence-corrected chi connectivity index (χ1v) is 14.9. The molecular formula is C33H52BrN3O7. The summed E-state index contributed by atoms with van der Waals surface area (Å²) in [5.41, 5.74) is -0.541. The zero-order valence-electron chi connectivity index (χ0n) is 28.2. The van der Waals surface area contributed by atoms with Gasteiger partial charge in [-0.15, -0.1) is 22.0 Å². The Morgan fingerprint density at radius 3 is 1.80 bits per heavy atom. The number of nitrogens with zero attached hydrogens (tertiary/aromatic N) is 3. The maximum absolute atomic E-state index is 13.7. The second-order valence-electron chi connectivity index (χ2n) is 14.3. The van der Waals surface area contributed by atoms with Crippen molar-refractivity contribution < 1.29 is 34.1 Å². The Balaban J connectivity index is 0.00000968. The average molecular weight is 683 g/mol. The highest BCUT2D eigenvalue weighted by molar-refractivity contribution is 8.93. The Morgan fingerprint density at radius 2 is 1.34 bits per heavy atom. The first kappa shape index (κ1) is 39.1. The van der Waals surface area contributed by atoms with Crippen LogP contribution in [0, 0.1) is 5.41 Å². The zero-order valence-corrected chi connectivity index (χ0v) is 30.0. The maximum atomic E-state index is 13.7. The third-order valence-corrected chi connectivity index (χ3v) is 7.61. The number of imidazole rings is 1. The standard InChI is InChI=1S/C33H51N3O7.BrH/c1-12-33(41,13-2)14-15-35-16-17-36(28(35)34-29(40)43-21-42-27(39)32(9,10)11)20-25(37)22-18-23(30(3,4)5)26(38)24(19-22)31(6,7)8;/h16-19,38,41H,12-15,20-21H2,1-11H3;1H/b34-28-;. The number of aromatic nitrogens is 2. The predicted octanol–water partition coefficient (Wildman–Crippen LogP) is 6.58. The SMILES string of the molecule is Br.CCC(O)(CC)CCn1ccn(CC(=O)c2cc(C(C)(C)C)c(O)c(C(C)(C)C)c2)/c1=N\C(=O)OCOC(=O)C(C)(C)C. The Labute approximate surface area is 272 Å². The molecule has 0 saturated carbocycles. The van der Waals surface area contributed by atoms with Crippen LogP contribution in [0.4, 0.5) is 4.79 Å². The van der Waals surface area contributed by atoms with E-state index in [1.807, 2.05) is 55.4 Å². The molecule has 0 atom stereocenters. The minimum Gasteiger partial charge on any atom is -0.507 e. The molecule has 1 aromatic heterocycles. The number of aryl methyl sites for hydroxylation is 1. The fourth-order valence-electron chi connectivity index (χ4n) is 4.47. The average Bonchev–Trinajstić information content (AvgIpc) is 3.25. The highest BCUT2D eigenvalue weighted by Gasteiger charge is 2.28. The Bertz CT molecular complexity index is 1350. The van der Waals surface area contributed by atoms with Crippen LogP contribution >= 0.6 is 17.0 Å². The molecule has 0 fully saturated rings. The van der Waals surface area contributed by atoms with E-state index >= 15 is 0 Å². The lowest BCUT2D eigenvalue weighted by Crippen LogP contribution is -2.34. The van der Waals surface area contributed by atoms with Crippen molar-refractivity contribution in [1.82, 2.24) is 9.13 Å². The van der Waals surface area contributed by atoms with Gasteiger partial charge in [0.05, 0.1) is 17.6 Å². The summed E-state index contributed by atoms with van der Waals surface area (Å²) in [5, 5.41) is 21.9. The van der Waals surface area contributed by atoms with Crippen molar-refractivity contribution >= 4 is 34.8 Å². The predicted molar refractivity (Wildman–Crippen MR) is 175 cm³/mol. The molecule has 0 saturated heterocycles. The number of aromatic hydroxyl groups is 1. The Hall–Kier alpha value is -2.92. The van der Waals surface area contributed by atoms with Crippen LogP contribution in [0.5, 0.6) is 5.75 Å². The first-order chi connectivity index (χ1) is 19.6. The minimum absolute atomic E-state index is 0. The minimum atomic E-state index is -0.987. The van der Waals surface area contributed by atoms with Gasteiger partial charge in [0.15, 0.2) is 5.78 Å². The van der Waals surface area contributed by atoms with Gasteiger partial charge in [0.25, 0.3) is 0 Å². The summed E-state index contributed by atoms with van der Waals surface area (Å²) >= 11 is 0. The quantitative estimate of drug-likeness (QED) is 0.165. The van der Waals surface area contributed by atoms with Crippen LogP contribution in [0.25, 0.3) is 0 Å². The Kier molecular flexibility index (Phi) is 13.2. The number of esters is 1. The molecule has 0 aliphatic rings. The van der Waals surface area contributed by atoms with Crippen molar-refractivity contribution in [2.45, 2.75) is 125 Å². The fourth-order valence-corrected chi connectivity index (χ4v) is 4.47. The number of aliphatic hydroxyl groups is 1. The second-order valence-corrected chi connectivity index (χ2v) is 14.3. The van der Waals surface area contributed by atoms with Crippen molar-refractivity contribution in [3.63, 3.8) is 0 Å². The molecular weight excluding hydrogens is 630 g/mol. The summed E-state index contributed by atoms with van der Waals surface area (Å²) in [5.74, 6) is -0.581. The topological polar surface area (TPSA) is 132 Å². The molecule has 0 spiro atoms. The van der Waals surface area contributed by atoms with Crippen molar-refractivity contribution in [1.29, 1.82) is 0 Å². The lowest BCUT2D eigenvalue weighted by molar-refractivity contribution is -0.161. The van der Waals surface area contributed by atoms with Crippen LogP contribution < -0.4 is 5.62 Å². The molecule has 0 aliphatic carbocycles. The molecule has 0 aliphatic heterocycles. The number of hydrogen-bond acceptors (Lipinski definition) is 7. The number of ether oxygens (including phenoxy) is 2. The van der Waals surface area contributed by atoms with Gasteiger partial charge in [-0.3, -0.25) is 9.59 Å². The van der Waals surface area contributed by atoms with Gasteiger partial charge < -0.3 is 28.8 Å². The summed E-state index contributed by atoms with van der Waals surface area (Å²) in [4.78, 5) is 42.5. The number of rotatable bonds is 10. The molecule has 2 aromatic rings. The van der Waals surface area contributed by atoms with Crippen molar-refractivity contribution in [3.05, 3.63) is 46.8 Å². The van der Waals surface area contributed by atoms with E-state index in [-0.39, 0.29) is 40.7 Å². The van der Waals surface area contributed by atoms with Gasteiger partial charge in [-0.05, 0) is 63.0 Å². The number of ketones is 1. The van der Waals surface area contributed by atoms with Gasteiger partial charge in [0.1, 0.15) is 5.75 Å². The summed E-state index contributed by atoms with van der Waals surface area (Å²) in [6.45, 7) is 20.4.